The third-order valence-electron chi connectivity index (χ3n) is 6.56. The predicted octanol–water partition coefficient (Wildman–Crippen LogP) is 3.65. The van der Waals surface area contributed by atoms with Crippen LogP contribution in [0.25, 0.3) is 11.3 Å². The van der Waals surface area contributed by atoms with Gasteiger partial charge in [0.05, 0.1) is 24.7 Å². The van der Waals surface area contributed by atoms with E-state index in [0.29, 0.717) is 0 Å². The van der Waals surface area contributed by atoms with E-state index in [-0.39, 0.29) is 18.5 Å². The van der Waals surface area contributed by atoms with Crippen molar-refractivity contribution in [1.29, 1.82) is 0 Å². The average molecular weight is 418 g/mol. The number of carbonyl (C=O) groups is 1. The van der Waals surface area contributed by atoms with E-state index in [1.165, 1.54) is 11.3 Å². The summed E-state index contributed by atoms with van der Waals surface area (Å²) in [7, 11) is 4.06. The molecule has 7 heteroatoms. The lowest BCUT2D eigenvalue weighted by molar-refractivity contribution is -0.136. The van der Waals surface area contributed by atoms with Crippen LogP contribution >= 0.6 is 0 Å². The number of piperidine rings is 1. The summed E-state index contributed by atoms with van der Waals surface area (Å²) in [4.78, 5) is 15.9. The summed E-state index contributed by atoms with van der Waals surface area (Å²) in [6.45, 7) is 0.830. The Labute approximate surface area is 182 Å². The van der Waals surface area contributed by atoms with Gasteiger partial charge in [-0.15, -0.1) is 5.10 Å². The first-order valence-electron chi connectivity index (χ1n) is 10.8. The summed E-state index contributed by atoms with van der Waals surface area (Å²) in [6.07, 6.45) is 11.2. The number of hydrogen-bond donors (Lipinski definition) is 1. The molecule has 0 spiro atoms. The van der Waals surface area contributed by atoms with Crippen LogP contribution in [0.3, 0.4) is 0 Å². The van der Waals surface area contributed by atoms with Crippen LogP contribution in [0, 0.1) is 0 Å². The van der Waals surface area contributed by atoms with E-state index in [1.54, 1.807) is 0 Å². The van der Waals surface area contributed by atoms with Gasteiger partial charge in [0, 0.05) is 37.6 Å². The van der Waals surface area contributed by atoms with Crippen molar-refractivity contribution in [3.63, 3.8) is 0 Å². The minimum Gasteiger partial charge on any atom is -0.481 e. The van der Waals surface area contributed by atoms with Gasteiger partial charge in [-0.2, -0.15) is 0 Å². The Kier molecular flexibility index (Phi) is 4.88. The number of carboxylic acids is 1. The molecule has 3 heterocycles. The van der Waals surface area contributed by atoms with Gasteiger partial charge >= 0.3 is 5.97 Å². The van der Waals surface area contributed by atoms with Crippen LogP contribution in [-0.4, -0.2) is 57.7 Å². The molecule has 1 aliphatic carbocycles. The van der Waals surface area contributed by atoms with E-state index in [0.717, 1.165) is 48.3 Å². The molecule has 0 saturated carbocycles. The number of hydrogen-bond acceptors (Lipinski definition) is 5. The summed E-state index contributed by atoms with van der Waals surface area (Å²) >= 11 is 0. The van der Waals surface area contributed by atoms with Crippen molar-refractivity contribution in [2.75, 3.05) is 25.5 Å². The normalized spacial score (nSPS) is 22.3. The highest BCUT2D eigenvalue weighted by atomic mass is 16.4. The molecule has 2 aromatic rings. The van der Waals surface area contributed by atoms with Gasteiger partial charge in [0.1, 0.15) is 5.69 Å². The predicted molar refractivity (Wildman–Crippen MR) is 120 cm³/mol. The zero-order valence-electron chi connectivity index (χ0n) is 17.9. The summed E-state index contributed by atoms with van der Waals surface area (Å²) in [5, 5.41) is 18.3. The maximum absolute atomic E-state index is 11.5. The second-order valence-corrected chi connectivity index (χ2v) is 8.67. The monoisotopic (exact) mass is 417 g/mol. The Hall–Kier alpha value is -3.35. The Morgan fingerprint density at radius 3 is 2.81 bits per heavy atom. The van der Waals surface area contributed by atoms with E-state index >= 15 is 0 Å². The van der Waals surface area contributed by atoms with Crippen molar-refractivity contribution in [3.05, 3.63) is 65.5 Å². The van der Waals surface area contributed by atoms with Crippen LogP contribution in [0.4, 0.5) is 5.69 Å². The second kappa shape index (κ2) is 7.72. The van der Waals surface area contributed by atoms with E-state index in [2.05, 4.69) is 62.6 Å². The fourth-order valence-corrected chi connectivity index (χ4v) is 4.98. The zero-order valence-corrected chi connectivity index (χ0v) is 17.9. The van der Waals surface area contributed by atoms with Gasteiger partial charge in [-0.1, -0.05) is 35.6 Å². The van der Waals surface area contributed by atoms with Crippen molar-refractivity contribution >= 4 is 11.7 Å². The van der Waals surface area contributed by atoms with Crippen LogP contribution in [0.5, 0.6) is 0 Å². The summed E-state index contributed by atoms with van der Waals surface area (Å²) in [5.41, 5.74) is 6.49. The van der Waals surface area contributed by atoms with E-state index < -0.39 is 5.97 Å². The van der Waals surface area contributed by atoms with Gasteiger partial charge in [-0.05, 0) is 42.5 Å². The Morgan fingerprint density at radius 1 is 1.26 bits per heavy atom. The molecule has 160 valence electrons. The van der Waals surface area contributed by atoms with E-state index in [9.17, 15) is 9.90 Å². The number of aliphatic carboxylic acids is 1. The number of allylic oxidation sites excluding steroid dienone is 3. The minimum atomic E-state index is -0.762. The number of anilines is 1. The number of carboxylic acid groups (broad SMARTS) is 1. The maximum atomic E-state index is 11.5. The number of rotatable bonds is 5. The molecule has 1 saturated heterocycles. The van der Waals surface area contributed by atoms with Crippen molar-refractivity contribution in [2.45, 2.75) is 37.8 Å². The Balaban J connectivity index is 1.37. The first-order valence-corrected chi connectivity index (χ1v) is 10.8. The Morgan fingerprint density at radius 2 is 2.06 bits per heavy atom. The molecule has 1 fully saturated rings. The molecular weight excluding hydrogens is 390 g/mol. The van der Waals surface area contributed by atoms with Crippen molar-refractivity contribution in [1.82, 2.24) is 19.9 Å². The van der Waals surface area contributed by atoms with E-state index in [4.69, 9.17) is 0 Å². The lowest BCUT2D eigenvalue weighted by Crippen LogP contribution is -2.39. The van der Waals surface area contributed by atoms with Gasteiger partial charge in [-0.3, -0.25) is 4.79 Å². The fraction of sp³-hybridized carbons (Fsp3) is 0.375. The van der Waals surface area contributed by atoms with Gasteiger partial charge in [-0.25, -0.2) is 4.68 Å². The summed E-state index contributed by atoms with van der Waals surface area (Å²) < 4.78 is 1.99. The standard InChI is InChI=1S/C24H27N5O2/c1-27(2)17-9-7-16(8-10-17)21-15-29(26-25-21)18-11-12-23-20(13-24(30)31)19-5-3-4-6-22(19)28(23)14-18/h3-5,7-10,15,18,22H,6,11-14H2,1-2H3,(H,30,31). The minimum absolute atomic E-state index is 0.100. The van der Waals surface area contributed by atoms with Crippen LogP contribution < -0.4 is 4.90 Å². The molecular formula is C24H27N5O2. The van der Waals surface area contributed by atoms with Crippen molar-refractivity contribution in [2.24, 2.45) is 0 Å². The highest BCUT2D eigenvalue weighted by Gasteiger charge is 2.40. The highest BCUT2D eigenvalue weighted by Crippen LogP contribution is 2.45. The van der Waals surface area contributed by atoms with Gasteiger partial charge < -0.3 is 14.9 Å². The lowest BCUT2D eigenvalue weighted by atomic mass is 9.93. The molecule has 1 N–H and O–H groups in total. The van der Waals surface area contributed by atoms with Gasteiger partial charge in [0.2, 0.25) is 0 Å². The third kappa shape index (κ3) is 3.54. The molecule has 2 unspecified atom stereocenters. The molecule has 1 aromatic carbocycles. The first-order chi connectivity index (χ1) is 15.0. The van der Waals surface area contributed by atoms with Crippen LogP contribution in [0.1, 0.15) is 31.7 Å². The van der Waals surface area contributed by atoms with Crippen molar-refractivity contribution < 1.29 is 9.90 Å². The second-order valence-electron chi connectivity index (χ2n) is 8.67. The smallest absolute Gasteiger partial charge is 0.307 e. The molecule has 0 bridgehead atoms. The van der Waals surface area contributed by atoms with Crippen LogP contribution in [-0.2, 0) is 4.79 Å². The largest absolute Gasteiger partial charge is 0.481 e. The summed E-state index contributed by atoms with van der Waals surface area (Å²) in [6, 6.07) is 8.81. The molecule has 7 nitrogen and oxygen atoms in total. The average Bonchev–Trinajstić information content (AvgIpc) is 3.38. The van der Waals surface area contributed by atoms with Gasteiger partial charge in [0.25, 0.3) is 0 Å². The number of aromatic nitrogens is 3. The molecule has 5 rings (SSSR count). The lowest BCUT2D eigenvalue weighted by Gasteiger charge is -2.37. The molecule has 1 aromatic heterocycles. The highest BCUT2D eigenvalue weighted by molar-refractivity contribution is 5.73. The molecule has 31 heavy (non-hydrogen) atoms. The topological polar surface area (TPSA) is 74.5 Å². The number of nitrogens with zero attached hydrogens (tertiary/aromatic N) is 5. The number of benzene rings is 1. The number of fused-ring (bicyclic) bond motifs is 3. The first kappa shape index (κ1) is 19.6. The molecule has 3 aliphatic rings. The van der Waals surface area contributed by atoms with Crippen molar-refractivity contribution in [3.8, 4) is 11.3 Å². The Bertz CT molecular complexity index is 1090. The third-order valence-corrected chi connectivity index (χ3v) is 6.56. The van der Waals surface area contributed by atoms with Gasteiger partial charge in [0.15, 0.2) is 0 Å². The molecule has 0 amide bonds. The quantitative estimate of drug-likeness (QED) is 0.801. The fourth-order valence-electron chi connectivity index (χ4n) is 4.98. The zero-order chi connectivity index (χ0) is 21.5. The van der Waals surface area contributed by atoms with Crippen LogP contribution in [0.2, 0.25) is 0 Å². The molecule has 2 atom stereocenters. The SMILES string of the molecule is CN(C)c1ccc(-c2cn(C3CCC4=C(CC(=O)O)C5=CC=CCC5N4C3)nn2)cc1. The van der Waals surface area contributed by atoms with E-state index in [1.807, 2.05) is 25.0 Å². The summed E-state index contributed by atoms with van der Waals surface area (Å²) in [5.74, 6) is -0.762. The molecule has 0 radical (unpaired) electrons. The van der Waals surface area contributed by atoms with Crippen LogP contribution in [0.15, 0.2) is 65.5 Å². The maximum Gasteiger partial charge on any atom is 0.307 e. The molecule has 2 aliphatic heterocycles.